The Morgan fingerprint density at radius 3 is 2.33 bits per heavy atom. The highest BCUT2D eigenvalue weighted by atomic mass is 19.1. The van der Waals surface area contributed by atoms with Gasteiger partial charge in [0.15, 0.2) is 0 Å². The van der Waals surface area contributed by atoms with Crippen molar-refractivity contribution in [1.29, 1.82) is 0 Å². The van der Waals surface area contributed by atoms with E-state index in [9.17, 15) is 14.0 Å². The van der Waals surface area contributed by atoms with Crippen LogP contribution in [0.5, 0.6) is 0 Å². The van der Waals surface area contributed by atoms with Crippen molar-refractivity contribution in [3.63, 3.8) is 0 Å². The van der Waals surface area contributed by atoms with E-state index in [0.717, 1.165) is 5.56 Å². The maximum atomic E-state index is 12.8. The zero-order chi connectivity index (χ0) is 17.4. The molecule has 2 rings (SSSR count). The Labute approximate surface area is 138 Å². The van der Waals surface area contributed by atoms with Gasteiger partial charge in [0, 0.05) is 5.69 Å². The normalized spacial score (nSPS) is 11.3. The minimum Gasteiger partial charge on any atom is -0.318 e. The lowest BCUT2D eigenvalue weighted by Gasteiger charge is -2.03. The van der Waals surface area contributed by atoms with E-state index in [1.165, 1.54) is 24.3 Å². The molecule has 0 heterocycles. The molecule has 0 aliphatic heterocycles. The highest BCUT2D eigenvalue weighted by molar-refractivity contribution is 6.39. The van der Waals surface area contributed by atoms with Crippen LogP contribution in [0.4, 0.5) is 10.1 Å². The fraction of sp³-hybridized carbons (Fsp3) is 0.0556. The third-order valence-electron chi connectivity index (χ3n) is 2.96. The second-order valence-electron chi connectivity index (χ2n) is 4.90. The van der Waals surface area contributed by atoms with Crippen LogP contribution in [-0.2, 0) is 9.59 Å². The Morgan fingerprint density at radius 2 is 1.67 bits per heavy atom. The molecule has 2 aromatic rings. The summed E-state index contributed by atoms with van der Waals surface area (Å²) in [5.74, 6) is -2.22. The molecule has 0 fully saturated rings. The van der Waals surface area contributed by atoms with Gasteiger partial charge in [0.2, 0.25) is 0 Å². The SMILES string of the molecule is CC(/C=C/c1ccccc1)=N\NC(=O)C(=O)Nc1ccc(F)cc1. The maximum Gasteiger partial charge on any atom is 0.329 e. The summed E-state index contributed by atoms with van der Waals surface area (Å²) >= 11 is 0. The van der Waals surface area contributed by atoms with Crippen molar-refractivity contribution in [2.45, 2.75) is 6.92 Å². The molecule has 0 unspecified atom stereocenters. The first kappa shape index (κ1) is 17.1. The lowest BCUT2D eigenvalue weighted by molar-refractivity contribution is -0.136. The molecular formula is C18H16FN3O2. The molecule has 24 heavy (non-hydrogen) atoms. The molecule has 0 aliphatic rings. The van der Waals surface area contributed by atoms with Gasteiger partial charge in [0.1, 0.15) is 5.82 Å². The molecule has 6 heteroatoms. The number of carbonyl (C=O) groups is 2. The van der Waals surface area contributed by atoms with Crippen LogP contribution < -0.4 is 10.7 Å². The van der Waals surface area contributed by atoms with E-state index in [1.54, 1.807) is 13.0 Å². The molecule has 0 saturated carbocycles. The highest BCUT2D eigenvalue weighted by Gasteiger charge is 2.12. The largest absolute Gasteiger partial charge is 0.329 e. The minimum atomic E-state index is -0.910. The number of anilines is 1. The molecule has 2 N–H and O–H groups in total. The number of allylic oxidation sites excluding steroid dienone is 1. The average Bonchev–Trinajstić information content (AvgIpc) is 2.60. The van der Waals surface area contributed by atoms with Crippen molar-refractivity contribution in [2.24, 2.45) is 5.10 Å². The fourth-order valence-electron chi connectivity index (χ4n) is 1.73. The molecule has 0 aliphatic carbocycles. The Hall–Kier alpha value is -3.28. The van der Waals surface area contributed by atoms with Crippen molar-refractivity contribution < 1.29 is 14.0 Å². The van der Waals surface area contributed by atoms with Crippen LogP contribution in [0, 0.1) is 5.82 Å². The van der Waals surface area contributed by atoms with Crippen LogP contribution in [0.25, 0.3) is 6.08 Å². The van der Waals surface area contributed by atoms with E-state index in [-0.39, 0.29) is 0 Å². The summed E-state index contributed by atoms with van der Waals surface area (Å²) in [6.45, 7) is 1.69. The summed E-state index contributed by atoms with van der Waals surface area (Å²) < 4.78 is 12.8. The van der Waals surface area contributed by atoms with E-state index in [2.05, 4.69) is 15.8 Å². The molecular weight excluding hydrogens is 309 g/mol. The molecule has 2 amide bonds. The van der Waals surface area contributed by atoms with Crippen molar-refractivity contribution in [1.82, 2.24) is 5.43 Å². The zero-order valence-electron chi connectivity index (χ0n) is 13.0. The van der Waals surface area contributed by atoms with E-state index in [1.807, 2.05) is 36.4 Å². The van der Waals surface area contributed by atoms with Crippen LogP contribution in [0.1, 0.15) is 12.5 Å². The quantitative estimate of drug-likeness (QED) is 0.515. The van der Waals surface area contributed by atoms with Gasteiger partial charge >= 0.3 is 11.8 Å². The monoisotopic (exact) mass is 325 g/mol. The minimum absolute atomic E-state index is 0.321. The smallest absolute Gasteiger partial charge is 0.318 e. The summed E-state index contributed by atoms with van der Waals surface area (Å²) in [4.78, 5) is 23.3. The molecule has 0 atom stereocenters. The number of hydrogen-bond acceptors (Lipinski definition) is 3. The van der Waals surface area contributed by atoms with Gasteiger partial charge in [0.25, 0.3) is 0 Å². The average molecular weight is 325 g/mol. The number of rotatable bonds is 4. The Bertz CT molecular complexity index is 769. The Balaban J connectivity index is 1.87. The van der Waals surface area contributed by atoms with Crippen LogP contribution >= 0.6 is 0 Å². The summed E-state index contributed by atoms with van der Waals surface area (Å²) in [5.41, 5.74) is 4.00. The second-order valence-corrected chi connectivity index (χ2v) is 4.90. The highest BCUT2D eigenvalue weighted by Crippen LogP contribution is 2.07. The predicted octanol–water partition coefficient (Wildman–Crippen LogP) is 2.97. The summed E-state index contributed by atoms with van der Waals surface area (Å²) in [5, 5.41) is 6.17. The van der Waals surface area contributed by atoms with Crippen LogP contribution in [0.15, 0.2) is 65.8 Å². The number of carbonyl (C=O) groups excluding carboxylic acids is 2. The predicted molar refractivity (Wildman–Crippen MR) is 91.8 cm³/mol. The van der Waals surface area contributed by atoms with Gasteiger partial charge < -0.3 is 5.32 Å². The molecule has 2 aromatic carbocycles. The van der Waals surface area contributed by atoms with Crippen molar-refractivity contribution in [3.8, 4) is 0 Å². The first-order valence-electron chi connectivity index (χ1n) is 7.19. The van der Waals surface area contributed by atoms with Gasteiger partial charge in [-0.25, -0.2) is 9.82 Å². The van der Waals surface area contributed by atoms with Crippen molar-refractivity contribution in [2.75, 3.05) is 5.32 Å². The fourth-order valence-corrected chi connectivity index (χ4v) is 1.73. The Kier molecular flexibility index (Phi) is 5.96. The summed E-state index contributed by atoms with van der Waals surface area (Å²) in [6, 6.07) is 14.7. The molecule has 0 saturated heterocycles. The standard InChI is InChI=1S/C18H16FN3O2/c1-13(7-8-14-5-3-2-4-6-14)21-22-18(24)17(23)20-16-11-9-15(19)10-12-16/h2-12H,1H3,(H,20,23)(H,22,24)/b8-7+,21-13+. The number of nitrogens with zero attached hydrogens (tertiary/aromatic N) is 1. The van der Waals surface area contributed by atoms with Gasteiger partial charge in [0.05, 0.1) is 5.71 Å². The summed E-state index contributed by atoms with van der Waals surface area (Å²) in [7, 11) is 0. The van der Waals surface area contributed by atoms with E-state index in [0.29, 0.717) is 11.4 Å². The first-order valence-corrected chi connectivity index (χ1v) is 7.19. The number of nitrogens with one attached hydrogen (secondary N) is 2. The topological polar surface area (TPSA) is 70.6 Å². The van der Waals surface area contributed by atoms with Gasteiger partial charge in [-0.3, -0.25) is 9.59 Å². The van der Waals surface area contributed by atoms with Gasteiger partial charge in [-0.15, -0.1) is 0 Å². The molecule has 0 aromatic heterocycles. The van der Waals surface area contributed by atoms with Gasteiger partial charge in [-0.05, 0) is 42.8 Å². The van der Waals surface area contributed by atoms with Gasteiger partial charge in [-0.1, -0.05) is 36.4 Å². The number of amides is 2. The zero-order valence-corrected chi connectivity index (χ0v) is 13.0. The van der Waals surface area contributed by atoms with E-state index >= 15 is 0 Å². The van der Waals surface area contributed by atoms with Crippen molar-refractivity contribution >= 4 is 29.3 Å². The lowest BCUT2D eigenvalue weighted by atomic mass is 10.2. The molecule has 5 nitrogen and oxygen atoms in total. The molecule has 122 valence electrons. The number of hydrazone groups is 1. The third-order valence-corrected chi connectivity index (χ3v) is 2.96. The van der Waals surface area contributed by atoms with E-state index < -0.39 is 17.6 Å². The number of hydrogen-bond donors (Lipinski definition) is 2. The first-order chi connectivity index (χ1) is 11.5. The molecule has 0 bridgehead atoms. The lowest BCUT2D eigenvalue weighted by Crippen LogP contribution is -2.32. The number of benzene rings is 2. The molecule has 0 radical (unpaired) electrons. The van der Waals surface area contributed by atoms with Crippen LogP contribution in [0.2, 0.25) is 0 Å². The molecule has 0 spiro atoms. The Morgan fingerprint density at radius 1 is 1.00 bits per heavy atom. The van der Waals surface area contributed by atoms with E-state index in [4.69, 9.17) is 0 Å². The summed E-state index contributed by atoms with van der Waals surface area (Å²) in [6.07, 6.45) is 3.55. The number of halogens is 1. The van der Waals surface area contributed by atoms with Gasteiger partial charge in [-0.2, -0.15) is 5.10 Å². The maximum absolute atomic E-state index is 12.8. The van der Waals surface area contributed by atoms with Crippen LogP contribution in [0.3, 0.4) is 0 Å². The third kappa shape index (κ3) is 5.49. The van der Waals surface area contributed by atoms with Crippen molar-refractivity contribution in [3.05, 3.63) is 72.1 Å². The second kappa shape index (κ2) is 8.38. The van der Waals surface area contributed by atoms with Crippen LogP contribution in [-0.4, -0.2) is 17.5 Å².